The SMILES string of the molecule is C#CCOc1ccccc1CNCc1ccccc1OCCN1CCOCC1. The van der Waals surface area contributed by atoms with Gasteiger partial charge in [0.25, 0.3) is 0 Å². The lowest BCUT2D eigenvalue weighted by molar-refractivity contribution is 0.0322. The molecule has 0 radical (unpaired) electrons. The molecule has 1 fully saturated rings. The van der Waals surface area contributed by atoms with Gasteiger partial charge in [-0.05, 0) is 12.1 Å². The normalized spacial score (nSPS) is 14.4. The molecule has 1 aliphatic rings. The predicted molar refractivity (Wildman–Crippen MR) is 111 cm³/mol. The highest BCUT2D eigenvalue weighted by atomic mass is 16.5. The van der Waals surface area contributed by atoms with Crippen LogP contribution in [0, 0.1) is 12.3 Å². The number of rotatable bonds is 10. The average Bonchev–Trinajstić information content (AvgIpc) is 2.75. The van der Waals surface area contributed by atoms with E-state index in [1.165, 1.54) is 0 Å². The third-order valence-electron chi connectivity index (χ3n) is 4.66. The van der Waals surface area contributed by atoms with E-state index in [4.69, 9.17) is 20.6 Å². The van der Waals surface area contributed by atoms with Crippen LogP contribution in [0.2, 0.25) is 0 Å². The van der Waals surface area contributed by atoms with Crippen LogP contribution in [0.1, 0.15) is 11.1 Å². The summed E-state index contributed by atoms with van der Waals surface area (Å²) in [6.45, 7) is 6.88. The van der Waals surface area contributed by atoms with Crippen molar-refractivity contribution in [2.24, 2.45) is 0 Å². The Morgan fingerprint density at radius 2 is 1.54 bits per heavy atom. The molecule has 1 aliphatic heterocycles. The van der Waals surface area contributed by atoms with Gasteiger partial charge in [0.2, 0.25) is 0 Å². The molecular formula is C23H28N2O3. The molecule has 0 aromatic heterocycles. The summed E-state index contributed by atoms with van der Waals surface area (Å²) in [5, 5.41) is 3.48. The van der Waals surface area contributed by atoms with Crippen molar-refractivity contribution in [3.05, 3.63) is 59.7 Å². The van der Waals surface area contributed by atoms with Gasteiger partial charge in [0, 0.05) is 43.9 Å². The van der Waals surface area contributed by atoms with Crippen LogP contribution in [0.5, 0.6) is 11.5 Å². The fourth-order valence-electron chi connectivity index (χ4n) is 3.14. The summed E-state index contributed by atoms with van der Waals surface area (Å²) >= 11 is 0. The summed E-state index contributed by atoms with van der Waals surface area (Å²) in [5.41, 5.74) is 2.23. The van der Waals surface area contributed by atoms with Gasteiger partial charge in [-0.1, -0.05) is 42.3 Å². The lowest BCUT2D eigenvalue weighted by atomic mass is 10.1. The molecule has 0 amide bonds. The zero-order valence-corrected chi connectivity index (χ0v) is 16.2. The van der Waals surface area contributed by atoms with Gasteiger partial charge in [-0.3, -0.25) is 4.90 Å². The van der Waals surface area contributed by atoms with Crippen molar-refractivity contribution in [2.45, 2.75) is 13.1 Å². The zero-order chi connectivity index (χ0) is 19.4. The first-order valence-corrected chi connectivity index (χ1v) is 9.72. The maximum atomic E-state index is 6.05. The molecular weight excluding hydrogens is 352 g/mol. The molecule has 148 valence electrons. The minimum absolute atomic E-state index is 0.275. The summed E-state index contributed by atoms with van der Waals surface area (Å²) in [4.78, 5) is 2.37. The number of hydrogen-bond donors (Lipinski definition) is 1. The Balaban J connectivity index is 1.49. The monoisotopic (exact) mass is 380 g/mol. The average molecular weight is 380 g/mol. The van der Waals surface area contributed by atoms with Crippen molar-refractivity contribution in [3.8, 4) is 23.8 Å². The molecule has 1 saturated heterocycles. The maximum absolute atomic E-state index is 6.05. The minimum atomic E-state index is 0.275. The summed E-state index contributed by atoms with van der Waals surface area (Å²) in [7, 11) is 0. The molecule has 0 bridgehead atoms. The molecule has 0 atom stereocenters. The van der Waals surface area contributed by atoms with Crippen molar-refractivity contribution >= 4 is 0 Å². The van der Waals surface area contributed by atoms with Crippen molar-refractivity contribution in [1.82, 2.24) is 10.2 Å². The van der Waals surface area contributed by atoms with Gasteiger partial charge < -0.3 is 19.5 Å². The Kier molecular flexibility index (Phi) is 8.20. The third kappa shape index (κ3) is 6.28. The van der Waals surface area contributed by atoms with Crippen LogP contribution in [0.3, 0.4) is 0 Å². The summed E-state index contributed by atoms with van der Waals surface area (Å²) in [5.74, 6) is 4.26. The molecule has 3 rings (SSSR count). The lowest BCUT2D eigenvalue weighted by Crippen LogP contribution is -2.38. The van der Waals surface area contributed by atoms with Crippen LogP contribution in [0.25, 0.3) is 0 Å². The van der Waals surface area contributed by atoms with Crippen LogP contribution in [0.15, 0.2) is 48.5 Å². The van der Waals surface area contributed by atoms with Gasteiger partial charge in [-0.25, -0.2) is 0 Å². The molecule has 0 aliphatic carbocycles. The number of hydrogen-bond acceptors (Lipinski definition) is 5. The van der Waals surface area contributed by atoms with Gasteiger partial charge in [-0.2, -0.15) is 0 Å². The summed E-state index contributed by atoms with van der Waals surface area (Å²) < 4.78 is 17.0. The Labute approximate surface area is 167 Å². The predicted octanol–water partition coefficient (Wildman–Crippen LogP) is 2.70. The second-order valence-corrected chi connectivity index (χ2v) is 6.61. The van der Waals surface area contributed by atoms with E-state index in [1.807, 2.05) is 42.5 Å². The van der Waals surface area contributed by atoms with Crippen LogP contribution in [-0.4, -0.2) is 51.0 Å². The van der Waals surface area contributed by atoms with Crippen LogP contribution in [-0.2, 0) is 17.8 Å². The highest BCUT2D eigenvalue weighted by Gasteiger charge is 2.10. The minimum Gasteiger partial charge on any atom is -0.492 e. The number of terminal acetylenes is 1. The first kappa shape index (κ1) is 20.2. The van der Waals surface area contributed by atoms with Gasteiger partial charge in [0.15, 0.2) is 0 Å². The van der Waals surface area contributed by atoms with E-state index in [9.17, 15) is 0 Å². The molecule has 0 spiro atoms. The molecule has 0 saturated carbocycles. The number of ether oxygens (including phenoxy) is 3. The van der Waals surface area contributed by atoms with Crippen LogP contribution in [0.4, 0.5) is 0 Å². The first-order valence-electron chi connectivity index (χ1n) is 9.72. The molecule has 5 nitrogen and oxygen atoms in total. The van der Waals surface area contributed by atoms with Gasteiger partial charge in [0.05, 0.1) is 13.2 Å². The Hall–Kier alpha value is -2.52. The van der Waals surface area contributed by atoms with Gasteiger partial charge in [-0.15, -0.1) is 6.42 Å². The zero-order valence-electron chi connectivity index (χ0n) is 16.2. The Morgan fingerprint density at radius 3 is 2.18 bits per heavy atom. The number of nitrogens with one attached hydrogen (secondary N) is 1. The quantitative estimate of drug-likeness (QED) is 0.642. The standard InChI is InChI=1S/C23H28N2O3/c1-2-14-27-22-9-5-3-7-20(22)18-24-19-21-8-4-6-10-23(21)28-17-13-25-11-15-26-16-12-25/h1,3-10,24H,11-19H2. The van der Waals surface area contributed by atoms with E-state index in [0.717, 1.165) is 62.0 Å². The van der Waals surface area contributed by atoms with E-state index in [0.29, 0.717) is 13.2 Å². The first-order chi connectivity index (χ1) is 13.9. The number of nitrogens with zero attached hydrogens (tertiary/aromatic N) is 1. The summed E-state index contributed by atoms with van der Waals surface area (Å²) in [6, 6.07) is 16.1. The highest BCUT2D eigenvalue weighted by molar-refractivity contribution is 5.35. The van der Waals surface area contributed by atoms with Crippen molar-refractivity contribution in [2.75, 3.05) is 46.1 Å². The van der Waals surface area contributed by atoms with E-state index in [2.05, 4.69) is 22.2 Å². The van der Waals surface area contributed by atoms with Crippen molar-refractivity contribution in [1.29, 1.82) is 0 Å². The smallest absolute Gasteiger partial charge is 0.148 e. The topological polar surface area (TPSA) is 43.0 Å². The molecule has 2 aromatic rings. The van der Waals surface area contributed by atoms with Crippen LogP contribution >= 0.6 is 0 Å². The Bertz CT molecular complexity index is 766. The van der Waals surface area contributed by atoms with Gasteiger partial charge in [0.1, 0.15) is 24.7 Å². The van der Waals surface area contributed by atoms with Crippen molar-refractivity contribution < 1.29 is 14.2 Å². The molecule has 28 heavy (non-hydrogen) atoms. The number of para-hydroxylation sites is 2. The van der Waals surface area contributed by atoms with E-state index in [1.54, 1.807) is 0 Å². The molecule has 1 heterocycles. The van der Waals surface area contributed by atoms with Gasteiger partial charge >= 0.3 is 0 Å². The second kappa shape index (κ2) is 11.4. The molecule has 5 heteroatoms. The summed E-state index contributed by atoms with van der Waals surface area (Å²) in [6.07, 6.45) is 5.29. The maximum Gasteiger partial charge on any atom is 0.148 e. The van der Waals surface area contributed by atoms with Crippen LogP contribution < -0.4 is 14.8 Å². The van der Waals surface area contributed by atoms with E-state index in [-0.39, 0.29) is 6.61 Å². The van der Waals surface area contributed by atoms with E-state index >= 15 is 0 Å². The number of morpholine rings is 1. The van der Waals surface area contributed by atoms with E-state index < -0.39 is 0 Å². The number of benzene rings is 2. The van der Waals surface area contributed by atoms with Crippen molar-refractivity contribution in [3.63, 3.8) is 0 Å². The largest absolute Gasteiger partial charge is 0.492 e. The molecule has 2 aromatic carbocycles. The molecule has 1 N–H and O–H groups in total. The fourth-order valence-corrected chi connectivity index (χ4v) is 3.14. The molecule has 0 unspecified atom stereocenters. The fraction of sp³-hybridized carbons (Fsp3) is 0.391. The highest BCUT2D eigenvalue weighted by Crippen LogP contribution is 2.20. The Morgan fingerprint density at radius 1 is 0.929 bits per heavy atom. The second-order valence-electron chi connectivity index (χ2n) is 6.61. The third-order valence-corrected chi connectivity index (χ3v) is 4.66. The lowest BCUT2D eigenvalue weighted by Gasteiger charge is -2.26.